The van der Waals surface area contributed by atoms with Crippen LogP contribution in [-0.2, 0) is 13.6 Å². The Morgan fingerprint density at radius 2 is 1.57 bits per heavy atom. The van der Waals surface area contributed by atoms with E-state index in [0.29, 0.717) is 18.9 Å². The highest BCUT2D eigenvalue weighted by Gasteiger charge is 2.37. The normalized spacial score (nSPS) is 12.8. The highest BCUT2D eigenvalue weighted by atomic mass is 31.2. The third-order valence-electron chi connectivity index (χ3n) is 3.26. The van der Waals surface area contributed by atoms with Crippen LogP contribution in [0.5, 0.6) is 0 Å². The van der Waals surface area contributed by atoms with E-state index in [4.69, 9.17) is 14.8 Å². The van der Waals surface area contributed by atoms with Crippen LogP contribution in [0.1, 0.15) is 25.2 Å². The Morgan fingerprint density at radius 3 is 2.09 bits per heavy atom. The van der Waals surface area contributed by atoms with Crippen LogP contribution in [-0.4, -0.2) is 13.2 Å². The molecule has 0 saturated heterocycles. The first-order chi connectivity index (χ1) is 11.1. The van der Waals surface area contributed by atoms with Gasteiger partial charge in [0.15, 0.2) is 5.78 Å². The van der Waals surface area contributed by atoms with Crippen molar-refractivity contribution in [2.24, 2.45) is 0 Å². The number of hydrogen-bond donors (Lipinski definition) is 2. The topological polar surface area (TPSA) is 73.6 Å². The van der Waals surface area contributed by atoms with E-state index < -0.39 is 13.4 Å². The average molecular weight is 334 g/mol. The number of benzene rings is 2. The van der Waals surface area contributed by atoms with Gasteiger partial charge < -0.3 is 20.1 Å². The molecule has 0 heterocycles. The van der Waals surface area contributed by atoms with Crippen molar-refractivity contribution in [2.45, 2.75) is 19.6 Å². The van der Waals surface area contributed by atoms with Crippen LogP contribution in [0.3, 0.4) is 0 Å². The molecular formula is C17H23N2O3P. The van der Waals surface area contributed by atoms with Crippen LogP contribution < -0.4 is 11.1 Å². The van der Waals surface area contributed by atoms with E-state index in [1.54, 1.807) is 26.0 Å². The molecule has 124 valence electrons. The minimum atomic E-state index is -3.38. The molecule has 0 aliphatic rings. The van der Waals surface area contributed by atoms with Gasteiger partial charge >= 0.3 is 7.60 Å². The Hall–Kier alpha value is -1.81. The lowest BCUT2D eigenvalue weighted by molar-refractivity contribution is 0.214. The largest absolute Gasteiger partial charge is 0.399 e. The first kappa shape index (κ1) is 17.5. The predicted octanol–water partition coefficient (Wildman–Crippen LogP) is 4.65. The van der Waals surface area contributed by atoms with Gasteiger partial charge in [-0.1, -0.05) is 30.3 Å². The summed E-state index contributed by atoms with van der Waals surface area (Å²) in [6.45, 7) is 4.21. The van der Waals surface area contributed by atoms with Crippen molar-refractivity contribution >= 4 is 19.0 Å². The predicted molar refractivity (Wildman–Crippen MR) is 94.5 cm³/mol. The standard InChI is InChI=1S/C17H23N2O3P/c1-3-21-23(20,22-4-2)17(14-10-12-15(18)13-11-14)19-16-8-6-5-7-9-16/h5-13,17,19H,3-4,18H2,1-2H3. The van der Waals surface area contributed by atoms with Crippen LogP contribution in [0, 0.1) is 0 Å². The Bertz CT molecular complexity index is 637. The molecule has 0 saturated carbocycles. The van der Waals surface area contributed by atoms with Crippen molar-refractivity contribution in [3.63, 3.8) is 0 Å². The number of nitrogens with two attached hydrogens (primary N) is 1. The molecule has 0 amide bonds. The molecule has 0 radical (unpaired) electrons. The summed E-state index contributed by atoms with van der Waals surface area (Å²) in [4.78, 5) is 0. The molecule has 1 atom stereocenters. The van der Waals surface area contributed by atoms with E-state index >= 15 is 0 Å². The van der Waals surface area contributed by atoms with Gasteiger partial charge in [-0.2, -0.15) is 0 Å². The van der Waals surface area contributed by atoms with Gasteiger partial charge in [-0.05, 0) is 43.7 Å². The summed E-state index contributed by atoms with van der Waals surface area (Å²) in [5.41, 5.74) is 8.04. The number of anilines is 2. The molecule has 23 heavy (non-hydrogen) atoms. The van der Waals surface area contributed by atoms with Gasteiger partial charge in [0, 0.05) is 11.4 Å². The van der Waals surface area contributed by atoms with Crippen molar-refractivity contribution in [1.29, 1.82) is 0 Å². The maximum Gasteiger partial charge on any atom is 0.357 e. The second-order valence-electron chi connectivity index (χ2n) is 4.95. The van der Waals surface area contributed by atoms with Crippen molar-refractivity contribution in [1.82, 2.24) is 0 Å². The molecule has 0 aromatic heterocycles. The van der Waals surface area contributed by atoms with Crippen molar-refractivity contribution in [3.8, 4) is 0 Å². The van der Waals surface area contributed by atoms with E-state index in [2.05, 4.69) is 5.32 Å². The SMILES string of the molecule is CCOP(=O)(OCC)C(Nc1ccccc1)c1ccc(N)cc1. The molecule has 0 aliphatic carbocycles. The van der Waals surface area contributed by atoms with Crippen LogP contribution in [0.4, 0.5) is 11.4 Å². The van der Waals surface area contributed by atoms with Gasteiger partial charge in [0.05, 0.1) is 13.2 Å². The number of hydrogen-bond acceptors (Lipinski definition) is 5. The molecule has 0 bridgehead atoms. The molecule has 0 fully saturated rings. The van der Waals surface area contributed by atoms with Gasteiger partial charge in [-0.15, -0.1) is 0 Å². The number of nitrogen functional groups attached to an aromatic ring is 1. The zero-order valence-electron chi connectivity index (χ0n) is 13.4. The lowest BCUT2D eigenvalue weighted by atomic mass is 10.2. The van der Waals surface area contributed by atoms with E-state index in [1.807, 2.05) is 42.5 Å². The summed E-state index contributed by atoms with van der Waals surface area (Å²) in [7, 11) is -3.38. The molecule has 3 N–H and O–H groups in total. The van der Waals surface area contributed by atoms with Crippen molar-refractivity contribution in [2.75, 3.05) is 24.3 Å². The van der Waals surface area contributed by atoms with Gasteiger partial charge in [0.1, 0.15) is 0 Å². The Morgan fingerprint density at radius 1 is 1.00 bits per heavy atom. The second kappa shape index (κ2) is 8.16. The van der Waals surface area contributed by atoms with Gasteiger partial charge in [0.2, 0.25) is 0 Å². The molecule has 0 spiro atoms. The van der Waals surface area contributed by atoms with Crippen LogP contribution in [0.25, 0.3) is 0 Å². The maximum absolute atomic E-state index is 13.3. The minimum Gasteiger partial charge on any atom is -0.399 e. The smallest absolute Gasteiger partial charge is 0.357 e. The molecule has 2 aromatic rings. The Balaban J connectivity index is 2.40. The fourth-order valence-corrected chi connectivity index (χ4v) is 4.20. The zero-order chi connectivity index (χ0) is 16.7. The van der Waals surface area contributed by atoms with E-state index in [1.165, 1.54) is 0 Å². The third-order valence-corrected chi connectivity index (χ3v) is 5.56. The lowest BCUT2D eigenvalue weighted by Gasteiger charge is -2.28. The van der Waals surface area contributed by atoms with E-state index in [0.717, 1.165) is 11.3 Å². The Labute approximate surface area is 137 Å². The first-order valence-electron chi connectivity index (χ1n) is 7.65. The van der Waals surface area contributed by atoms with Crippen molar-refractivity contribution in [3.05, 3.63) is 60.2 Å². The van der Waals surface area contributed by atoms with E-state index in [-0.39, 0.29) is 0 Å². The first-order valence-corrected chi connectivity index (χ1v) is 9.26. The van der Waals surface area contributed by atoms with E-state index in [9.17, 15) is 4.57 Å². The van der Waals surface area contributed by atoms with Gasteiger partial charge in [-0.3, -0.25) is 4.57 Å². The average Bonchev–Trinajstić information content (AvgIpc) is 2.55. The summed E-state index contributed by atoms with van der Waals surface area (Å²) in [5, 5.41) is 3.27. The summed E-state index contributed by atoms with van der Waals surface area (Å²) >= 11 is 0. The molecule has 5 nitrogen and oxygen atoms in total. The lowest BCUT2D eigenvalue weighted by Crippen LogP contribution is -2.15. The summed E-state index contributed by atoms with van der Waals surface area (Å²) < 4.78 is 24.3. The highest BCUT2D eigenvalue weighted by molar-refractivity contribution is 7.54. The maximum atomic E-state index is 13.3. The minimum absolute atomic E-state index is 0.305. The molecule has 2 aromatic carbocycles. The number of para-hydroxylation sites is 1. The van der Waals surface area contributed by atoms with Gasteiger partial charge in [0.25, 0.3) is 0 Å². The summed E-state index contributed by atoms with van der Waals surface area (Å²) in [6.07, 6.45) is 0. The molecular weight excluding hydrogens is 311 g/mol. The summed E-state index contributed by atoms with van der Waals surface area (Å²) in [5.74, 6) is -0.606. The quantitative estimate of drug-likeness (QED) is 0.543. The number of rotatable bonds is 8. The monoisotopic (exact) mass is 334 g/mol. The third kappa shape index (κ3) is 4.58. The molecule has 0 aliphatic heterocycles. The van der Waals surface area contributed by atoms with Gasteiger partial charge in [-0.25, -0.2) is 0 Å². The van der Waals surface area contributed by atoms with Crippen LogP contribution in [0.15, 0.2) is 54.6 Å². The molecule has 1 unspecified atom stereocenters. The van der Waals surface area contributed by atoms with Crippen LogP contribution in [0.2, 0.25) is 0 Å². The Kier molecular flexibility index (Phi) is 6.22. The van der Waals surface area contributed by atoms with Crippen molar-refractivity contribution < 1.29 is 13.6 Å². The molecule has 2 rings (SSSR count). The van der Waals surface area contributed by atoms with Crippen LogP contribution >= 0.6 is 7.60 Å². The molecule has 6 heteroatoms. The zero-order valence-corrected chi connectivity index (χ0v) is 14.3. The fraction of sp³-hybridized carbons (Fsp3) is 0.294. The highest BCUT2D eigenvalue weighted by Crippen LogP contribution is 2.60. The number of nitrogens with one attached hydrogen (secondary N) is 1. The summed E-state index contributed by atoms with van der Waals surface area (Å²) in [6, 6.07) is 16.8. The second-order valence-corrected chi connectivity index (χ2v) is 7.07. The fourth-order valence-electron chi connectivity index (χ4n) is 2.26.